The monoisotopic (exact) mass is 762 g/mol. The van der Waals surface area contributed by atoms with Crippen LogP contribution in [0.3, 0.4) is 0 Å². The Morgan fingerprint density at radius 2 is 0.800 bits per heavy atom. The molecule has 0 bridgehead atoms. The molecule has 0 saturated carbocycles. The van der Waals surface area contributed by atoms with Crippen LogP contribution in [0.15, 0.2) is 231 Å². The van der Waals surface area contributed by atoms with Crippen LogP contribution in [0.4, 0.5) is 17.1 Å². The van der Waals surface area contributed by atoms with E-state index in [9.17, 15) is 0 Å². The summed E-state index contributed by atoms with van der Waals surface area (Å²) in [6, 6.07) is 84.2. The van der Waals surface area contributed by atoms with Crippen molar-refractivity contribution in [2.24, 2.45) is 0 Å². The van der Waals surface area contributed by atoms with E-state index >= 15 is 0 Å². The van der Waals surface area contributed by atoms with E-state index in [-0.39, 0.29) is 0 Å². The van der Waals surface area contributed by atoms with Gasteiger partial charge in [0.2, 0.25) is 0 Å². The summed E-state index contributed by atoms with van der Waals surface area (Å²) < 4.78 is 2.53. The fourth-order valence-corrected chi connectivity index (χ4v) is 9.65. The van der Waals surface area contributed by atoms with Gasteiger partial charge >= 0.3 is 0 Å². The number of rotatable bonds is 6. The Bertz CT molecular complexity index is 3570. The highest BCUT2D eigenvalue weighted by Crippen LogP contribution is 2.47. The predicted octanol–water partition coefficient (Wildman–Crippen LogP) is 16.2. The molecule has 60 heavy (non-hydrogen) atoms. The molecule has 0 unspecified atom stereocenters. The second-order valence-electron chi connectivity index (χ2n) is 15.6. The summed E-state index contributed by atoms with van der Waals surface area (Å²) in [5.41, 5.74) is 14.3. The summed E-state index contributed by atoms with van der Waals surface area (Å²) in [6.07, 6.45) is 0. The minimum Gasteiger partial charge on any atom is -0.310 e. The van der Waals surface area contributed by atoms with Crippen molar-refractivity contribution < 1.29 is 0 Å². The Hall–Kier alpha value is -7.94. The molecule has 0 spiro atoms. The highest BCUT2D eigenvalue weighted by atomic mass is 15.1. The van der Waals surface area contributed by atoms with Crippen molar-refractivity contribution in [3.05, 3.63) is 231 Å². The summed E-state index contributed by atoms with van der Waals surface area (Å²) in [7, 11) is 0. The molecule has 0 aliphatic rings. The van der Waals surface area contributed by atoms with Gasteiger partial charge in [-0.2, -0.15) is 0 Å². The molecular weight excluding hydrogens is 725 g/mol. The minimum absolute atomic E-state index is 1.10. The smallest absolute Gasteiger partial charge is 0.0626 e. The summed E-state index contributed by atoms with van der Waals surface area (Å²) in [4.78, 5) is 2.42. The fourth-order valence-electron chi connectivity index (χ4n) is 9.65. The van der Waals surface area contributed by atoms with Gasteiger partial charge in [0.05, 0.1) is 22.2 Å². The number of hydrogen-bond acceptors (Lipinski definition) is 1. The average Bonchev–Trinajstić information content (AvgIpc) is 3.69. The SMILES string of the molecule is c1ccc(-c2ccc(N(c3ccc(-c4cccc5c(-c6ccccc6)c6c7ccccc7c7ccccc7n6c45)cc3)c3cc4ccccc4c4ccccc34)cc2)cc1. The third kappa shape index (κ3) is 5.35. The molecule has 0 aliphatic carbocycles. The molecule has 0 aliphatic heterocycles. The molecule has 0 fully saturated rings. The number of pyridine rings is 1. The Labute approximate surface area is 348 Å². The van der Waals surface area contributed by atoms with E-state index in [1.54, 1.807) is 0 Å². The van der Waals surface area contributed by atoms with E-state index < -0.39 is 0 Å². The van der Waals surface area contributed by atoms with Crippen molar-refractivity contribution in [1.82, 2.24) is 4.40 Å². The molecule has 280 valence electrons. The van der Waals surface area contributed by atoms with Crippen LogP contribution < -0.4 is 4.90 Å². The molecule has 2 heterocycles. The average molecular weight is 763 g/mol. The quantitative estimate of drug-likeness (QED) is 0.153. The maximum atomic E-state index is 2.53. The summed E-state index contributed by atoms with van der Waals surface area (Å²) in [5.74, 6) is 0. The lowest BCUT2D eigenvalue weighted by molar-refractivity contribution is 1.30. The van der Waals surface area contributed by atoms with Gasteiger partial charge in [-0.3, -0.25) is 0 Å². The first kappa shape index (κ1) is 34.1. The zero-order valence-corrected chi connectivity index (χ0v) is 32.8. The van der Waals surface area contributed by atoms with E-state index in [1.165, 1.54) is 93.0 Å². The summed E-state index contributed by atoms with van der Waals surface area (Å²) >= 11 is 0. The molecule has 0 saturated heterocycles. The summed E-state index contributed by atoms with van der Waals surface area (Å²) in [6.45, 7) is 0. The molecule has 2 nitrogen and oxygen atoms in total. The van der Waals surface area contributed by atoms with Gasteiger partial charge in [-0.15, -0.1) is 0 Å². The van der Waals surface area contributed by atoms with Gasteiger partial charge in [-0.25, -0.2) is 0 Å². The van der Waals surface area contributed by atoms with E-state index in [2.05, 4.69) is 240 Å². The van der Waals surface area contributed by atoms with Crippen molar-refractivity contribution in [2.45, 2.75) is 0 Å². The largest absolute Gasteiger partial charge is 0.310 e. The number of para-hydroxylation sites is 2. The van der Waals surface area contributed by atoms with Gasteiger partial charge in [-0.1, -0.05) is 194 Å². The van der Waals surface area contributed by atoms with Crippen LogP contribution in [0.25, 0.3) is 93.0 Å². The molecule has 0 atom stereocenters. The van der Waals surface area contributed by atoms with Gasteiger partial charge in [0.1, 0.15) is 0 Å². The van der Waals surface area contributed by atoms with E-state index in [0.717, 1.165) is 17.1 Å². The maximum Gasteiger partial charge on any atom is 0.0626 e. The molecule has 2 heteroatoms. The third-order valence-corrected chi connectivity index (χ3v) is 12.3. The van der Waals surface area contributed by atoms with Crippen LogP contribution in [0.1, 0.15) is 0 Å². The Kier molecular flexibility index (Phi) is 7.89. The topological polar surface area (TPSA) is 7.65 Å². The summed E-state index contributed by atoms with van der Waals surface area (Å²) in [5, 5.41) is 9.95. The number of nitrogens with zero attached hydrogens (tertiary/aromatic N) is 2. The van der Waals surface area contributed by atoms with Crippen molar-refractivity contribution >= 4 is 76.7 Å². The lowest BCUT2D eigenvalue weighted by atomic mass is 9.97. The zero-order valence-electron chi connectivity index (χ0n) is 32.8. The zero-order chi connectivity index (χ0) is 39.6. The first-order chi connectivity index (χ1) is 29.8. The highest BCUT2D eigenvalue weighted by molar-refractivity contribution is 6.23. The first-order valence-electron chi connectivity index (χ1n) is 20.7. The molecule has 2 aromatic heterocycles. The Morgan fingerprint density at radius 3 is 1.50 bits per heavy atom. The standard InChI is InChI=1S/C58H38N2/c1-3-16-39(17-4-1)40-30-34-44(35-31-40)59(55-38-43-20-7-8-21-46(43)48-22-9-11-25-51(48)55)45-36-32-41(33-37-45)47-27-15-28-53-56(42-18-5-2-6-19-42)58-52-26-12-10-23-49(52)50-24-13-14-29-54(50)60(58)57(47)53/h1-38H. The lowest BCUT2D eigenvalue weighted by Crippen LogP contribution is -2.10. The van der Waals surface area contributed by atoms with E-state index in [0.29, 0.717) is 0 Å². The maximum absolute atomic E-state index is 2.53. The Morgan fingerprint density at radius 1 is 0.300 bits per heavy atom. The first-order valence-corrected chi connectivity index (χ1v) is 20.7. The number of anilines is 3. The van der Waals surface area contributed by atoms with Gasteiger partial charge in [0.15, 0.2) is 0 Å². The van der Waals surface area contributed by atoms with Crippen molar-refractivity contribution in [2.75, 3.05) is 4.90 Å². The van der Waals surface area contributed by atoms with E-state index in [4.69, 9.17) is 0 Å². The molecule has 0 amide bonds. The van der Waals surface area contributed by atoms with Crippen molar-refractivity contribution in [1.29, 1.82) is 0 Å². The molecular formula is C58H38N2. The highest BCUT2D eigenvalue weighted by Gasteiger charge is 2.23. The predicted molar refractivity (Wildman–Crippen MR) is 256 cm³/mol. The number of fused-ring (bicyclic) bond motifs is 11. The van der Waals surface area contributed by atoms with Crippen LogP contribution in [-0.4, -0.2) is 4.40 Å². The molecule has 12 rings (SSSR count). The van der Waals surface area contributed by atoms with Crippen molar-refractivity contribution in [3.63, 3.8) is 0 Å². The molecule has 12 aromatic rings. The van der Waals surface area contributed by atoms with Crippen LogP contribution in [-0.2, 0) is 0 Å². The molecule has 10 aromatic carbocycles. The van der Waals surface area contributed by atoms with Crippen LogP contribution in [0.5, 0.6) is 0 Å². The fraction of sp³-hybridized carbons (Fsp3) is 0. The Balaban J connectivity index is 1.09. The molecule has 0 radical (unpaired) electrons. The lowest BCUT2D eigenvalue weighted by Gasteiger charge is -2.28. The van der Waals surface area contributed by atoms with Gasteiger partial charge in [-0.05, 0) is 80.2 Å². The van der Waals surface area contributed by atoms with E-state index in [1.807, 2.05) is 0 Å². The normalized spacial score (nSPS) is 11.7. The van der Waals surface area contributed by atoms with Gasteiger partial charge in [0, 0.05) is 44.0 Å². The second-order valence-corrected chi connectivity index (χ2v) is 15.6. The number of hydrogen-bond donors (Lipinski definition) is 0. The van der Waals surface area contributed by atoms with Gasteiger partial charge in [0.25, 0.3) is 0 Å². The van der Waals surface area contributed by atoms with Crippen LogP contribution >= 0.6 is 0 Å². The number of aromatic nitrogens is 1. The third-order valence-electron chi connectivity index (χ3n) is 12.3. The second kappa shape index (κ2) is 13.9. The van der Waals surface area contributed by atoms with Crippen LogP contribution in [0.2, 0.25) is 0 Å². The van der Waals surface area contributed by atoms with Gasteiger partial charge < -0.3 is 9.30 Å². The minimum atomic E-state index is 1.10. The van der Waals surface area contributed by atoms with Crippen molar-refractivity contribution in [3.8, 4) is 33.4 Å². The number of benzene rings is 10. The molecule has 0 N–H and O–H groups in total. The van der Waals surface area contributed by atoms with Crippen LogP contribution in [0, 0.1) is 0 Å².